The Morgan fingerprint density at radius 3 is 2.57 bits per heavy atom. The van der Waals surface area contributed by atoms with Gasteiger partial charge in [-0.3, -0.25) is 0 Å². The summed E-state index contributed by atoms with van der Waals surface area (Å²) in [5.41, 5.74) is 2.76. The van der Waals surface area contributed by atoms with E-state index in [2.05, 4.69) is 54.2 Å². The van der Waals surface area contributed by atoms with Gasteiger partial charge in [0, 0.05) is 24.8 Å². The van der Waals surface area contributed by atoms with Crippen molar-refractivity contribution in [1.82, 2.24) is 9.88 Å². The fraction of sp³-hybridized carbons (Fsp3) is 0.579. The number of nitrogens with zero attached hydrogens (tertiary/aromatic N) is 1. The van der Waals surface area contributed by atoms with Crippen molar-refractivity contribution in [3.8, 4) is 0 Å². The van der Waals surface area contributed by atoms with E-state index in [0.717, 1.165) is 19.6 Å². The second kappa shape index (κ2) is 8.89. The molecule has 0 atom stereocenters. The maximum absolute atomic E-state index is 3.39. The third-order valence-electron chi connectivity index (χ3n) is 4.17. The van der Waals surface area contributed by atoms with E-state index < -0.39 is 0 Å². The fourth-order valence-electron chi connectivity index (χ4n) is 2.89. The van der Waals surface area contributed by atoms with E-state index in [1.165, 1.54) is 55.0 Å². The molecular weight excluding hydrogens is 256 g/mol. The lowest BCUT2D eigenvalue weighted by Crippen LogP contribution is -2.11. The molecule has 2 nitrogen and oxygen atoms in total. The molecular formula is C19H30N2. The van der Waals surface area contributed by atoms with Crippen molar-refractivity contribution in [3.05, 3.63) is 36.0 Å². The Morgan fingerprint density at radius 2 is 1.76 bits per heavy atom. The number of aromatic nitrogens is 1. The van der Waals surface area contributed by atoms with E-state index in [-0.39, 0.29) is 0 Å². The number of fused-ring (bicyclic) bond motifs is 1. The fourth-order valence-corrected chi connectivity index (χ4v) is 2.89. The molecule has 2 rings (SSSR count). The molecule has 21 heavy (non-hydrogen) atoms. The molecule has 0 saturated carbocycles. The quantitative estimate of drug-likeness (QED) is 0.600. The summed E-state index contributed by atoms with van der Waals surface area (Å²) in [6.45, 7) is 7.57. The summed E-state index contributed by atoms with van der Waals surface area (Å²) in [5, 5.41) is 4.76. The minimum Gasteiger partial charge on any atom is -0.347 e. The standard InChI is InChI=1S/C19H30N2/c1-3-5-6-7-8-9-13-21-14-12-18-15-17(16-20-4-2)10-11-19(18)21/h10-12,14-15,20H,3-9,13,16H2,1-2H3. The van der Waals surface area contributed by atoms with Crippen LogP contribution in [0.2, 0.25) is 0 Å². The van der Waals surface area contributed by atoms with Crippen LogP contribution in [-0.4, -0.2) is 11.1 Å². The molecule has 0 fully saturated rings. The first-order valence-electron chi connectivity index (χ1n) is 8.63. The summed E-state index contributed by atoms with van der Waals surface area (Å²) >= 11 is 0. The van der Waals surface area contributed by atoms with Gasteiger partial charge in [-0.25, -0.2) is 0 Å². The average molecular weight is 286 g/mol. The van der Waals surface area contributed by atoms with E-state index in [1.54, 1.807) is 0 Å². The molecule has 0 saturated heterocycles. The zero-order valence-electron chi connectivity index (χ0n) is 13.7. The highest BCUT2D eigenvalue weighted by Crippen LogP contribution is 2.19. The lowest BCUT2D eigenvalue weighted by atomic mass is 10.1. The molecule has 1 heterocycles. The van der Waals surface area contributed by atoms with Crippen molar-refractivity contribution >= 4 is 10.9 Å². The summed E-state index contributed by atoms with van der Waals surface area (Å²) in [6.07, 6.45) is 10.4. The van der Waals surface area contributed by atoms with Gasteiger partial charge in [0.1, 0.15) is 0 Å². The van der Waals surface area contributed by atoms with Crippen LogP contribution in [0.1, 0.15) is 57.9 Å². The van der Waals surface area contributed by atoms with Crippen LogP contribution in [0.3, 0.4) is 0 Å². The van der Waals surface area contributed by atoms with E-state index >= 15 is 0 Å². The monoisotopic (exact) mass is 286 g/mol. The maximum Gasteiger partial charge on any atom is 0.0480 e. The van der Waals surface area contributed by atoms with Gasteiger partial charge >= 0.3 is 0 Å². The number of nitrogens with one attached hydrogen (secondary N) is 1. The molecule has 116 valence electrons. The second-order valence-electron chi connectivity index (χ2n) is 5.95. The van der Waals surface area contributed by atoms with Gasteiger partial charge in [-0.05, 0) is 42.1 Å². The molecule has 0 unspecified atom stereocenters. The summed E-state index contributed by atoms with van der Waals surface area (Å²) in [4.78, 5) is 0. The molecule has 2 heteroatoms. The van der Waals surface area contributed by atoms with E-state index in [1.807, 2.05) is 0 Å². The van der Waals surface area contributed by atoms with E-state index in [0.29, 0.717) is 0 Å². The number of benzene rings is 1. The first-order valence-corrected chi connectivity index (χ1v) is 8.63. The predicted octanol–water partition coefficient (Wildman–Crippen LogP) is 5.11. The molecule has 1 aromatic carbocycles. The largest absolute Gasteiger partial charge is 0.347 e. The third kappa shape index (κ3) is 4.89. The topological polar surface area (TPSA) is 17.0 Å². The first-order chi connectivity index (χ1) is 10.3. The van der Waals surface area contributed by atoms with Crippen LogP contribution in [0.25, 0.3) is 10.9 Å². The van der Waals surface area contributed by atoms with Crippen molar-refractivity contribution in [1.29, 1.82) is 0 Å². The Labute approximate surface area is 129 Å². The van der Waals surface area contributed by atoms with Crippen LogP contribution in [0, 0.1) is 0 Å². The molecule has 0 aliphatic heterocycles. The maximum atomic E-state index is 3.39. The number of hydrogen-bond acceptors (Lipinski definition) is 1. The lowest BCUT2D eigenvalue weighted by Gasteiger charge is -2.07. The minimum absolute atomic E-state index is 0.967. The Morgan fingerprint density at radius 1 is 0.952 bits per heavy atom. The minimum atomic E-state index is 0.967. The Balaban J connectivity index is 1.86. The molecule has 0 radical (unpaired) electrons. The normalized spacial score (nSPS) is 11.3. The summed E-state index contributed by atoms with van der Waals surface area (Å²) in [6, 6.07) is 9.10. The van der Waals surface area contributed by atoms with Crippen molar-refractivity contribution < 1.29 is 0 Å². The van der Waals surface area contributed by atoms with Crippen LogP contribution >= 0.6 is 0 Å². The van der Waals surface area contributed by atoms with Crippen LogP contribution in [-0.2, 0) is 13.1 Å². The van der Waals surface area contributed by atoms with Crippen molar-refractivity contribution in [2.24, 2.45) is 0 Å². The zero-order chi connectivity index (χ0) is 14.9. The summed E-state index contributed by atoms with van der Waals surface area (Å²) < 4.78 is 2.41. The van der Waals surface area contributed by atoms with Gasteiger partial charge in [-0.1, -0.05) is 52.0 Å². The highest BCUT2D eigenvalue weighted by atomic mass is 14.9. The van der Waals surface area contributed by atoms with Gasteiger partial charge in [-0.15, -0.1) is 0 Å². The van der Waals surface area contributed by atoms with E-state index in [4.69, 9.17) is 0 Å². The lowest BCUT2D eigenvalue weighted by molar-refractivity contribution is 0.565. The van der Waals surface area contributed by atoms with Crippen LogP contribution in [0.5, 0.6) is 0 Å². The van der Waals surface area contributed by atoms with Crippen LogP contribution in [0.15, 0.2) is 30.5 Å². The Bertz CT molecular complexity index is 527. The molecule has 1 N–H and O–H groups in total. The first kappa shape index (κ1) is 16.1. The average Bonchev–Trinajstić information content (AvgIpc) is 2.91. The highest BCUT2D eigenvalue weighted by Gasteiger charge is 2.02. The highest BCUT2D eigenvalue weighted by molar-refractivity contribution is 5.80. The van der Waals surface area contributed by atoms with Crippen LogP contribution in [0.4, 0.5) is 0 Å². The van der Waals surface area contributed by atoms with Crippen molar-refractivity contribution in [2.45, 2.75) is 65.5 Å². The molecule has 2 aromatic rings. The van der Waals surface area contributed by atoms with Gasteiger partial charge < -0.3 is 9.88 Å². The van der Waals surface area contributed by atoms with Crippen molar-refractivity contribution in [3.63, 3.8) is 0 Å². The van der Waals surface area contributed by atoms with Gasteiger partial charge in [0.05, 0.1) is 0 Å². The molecule has 0 aliphatic rings. The van der Waals surface area contributed by atoms with Crippen LogP contribution < -0.4 is 5.32 Å². The number of unbranched alkanes of at least 4 members (excludes halogenated alkanes) is 5. The molecule has 0 bridgehead atoms. The SMILES string of the molecule is CCCCCCCCn1ccc2cc(CNCC)ccc21. The number of hydrogen-bond donors (Lipinski definition) is 1. The van der Waals surface area contributed by atoms with E-state index in [9.17, 15) is 0 Å². The van der Waals surface area contributed by atoms with Gasteiger partial charge in [0.25, 0.3) is 0 Å². The predicted molar refractivity (Wildman–Crippen MR) is 92.7 cm³/mol. The second-order valence-corrected chi connectivity index (χ2v) is 5.95. The summed E-state index contributed by atoms with van der Waals surface area (Å²) in [5.74, 6) is 0. The number of rotatable bonds is 10. The van der Waals surface area contributed by atoms with Gasteiger partial charge in [-0.2, -0.15) is 0 Å². The molecule has 0 aliphatic carbocycles. The third-order valence-corrected chi connectivity index (χ3v) is 4.17. The zero-order valence-corrected chi connectivity index (χ0v) is 13.7. The number of aryl methyl sites for hydroxylation is 1. The summed E-state index contributed by atoms with van der Waals surface area (Å²) in [7, 11) is 0. The smallest absolute Gasteiger partial charge is 0.0480 e. The van der Waals surface area contributed by atoms with Crippen molar-refractivity contribution in [2.75, 3.05) is 6.54 Å². The van der Waals surface area contributed by atoms with Gasteiger partial charge in [0.15, 0.2) is 0 Å². The molecule has 0 amide bonds. The Kier molecular flexibility index (Phi) is 6.81. The molecule has 1 aromatic heterocycles. The molecule has 0 spiro atoms. The van der Waals surface area contributed by atoms with Gasteiger partial charge in [0.2, 0.25) is 0 Å². The Hall–Kier alpha value is -1.28.